The fraction of sp³-hybridized carbons (Fsp3) is 0.462. The summed E-state index contributed by atoms with van der Waals surface area (Å²) in [5.41, 5.74) is 1.34. The van der Waals surface area contributed by atoms with Crippen LogP contribution in [0.15, 0.2) is 35.5 Å². The van der Waals surface area contributed by atoms with Gasteiger partial charge in [-0.2, -0.15) is 0 Å². The summed E-state index contributed by atoms with van der Waals surface area (Å²) in [5.74, 6) is 0.230. The molecule has 1 heterocycles. The van der Waals surface area contributed by atoms with Crippen LogP contribution in [0.1, 0.15) is 18.4 Å². The van der Waals surface area contributed by atoms with Gasteiger partial charge in [0.1, 0.15) is 5.17 Å². The van der Waals surface area contributed by atoms with Crippen molar-refractivity contribution < 1.29 is 5.21 Å². The monoisotopic (exact) mass is 252 g/mol. The molecule has 1 aliphatic rings. The fourth-order valence-electron chi connectivity index (χ4n) is 2.25. The van der Waals surface area contributed by atoms with Crippen LogP contribution in [0.25, 0.3) is 0 Å². The predicted molar refractivity (Wildman–Crippen MR) is 69.5 cm³/mol. The Bertz CT molecular complexity index is 372. The van der Waals surface area contributed by atoms with Crippen LogP contribution in [0.5, 0.6) is 0 Å². The van der Waals surface area contributed by atoms with Gasteiger partial charge < -0.3 is 5.21 Å². The Labute approximate surface area is 107 Å². The van der Waals surface area contributed by atoms with E-state index in [1.54, 1.807) is 0 Å². The summed E-state index contributed by atoms with van der Waals surface area (Å²) in [7, 11) is 0. The number of hydrogen-bond acceptors (Lipinski definition) is 3. The molecule has 0 aliphatic carbocycles. The van der Waals surface area contributed by atoms with Crippen molar-refractivity contribution in [3.05, 3.63) is 35.9 Å². The highest BCUT2D eigenvalue weighted by Crippen LogP contribution is 2.21. The van der Waals surface area contributed by atoms with E-state index in [0.717, 1.165) is 32.5 Å². The summed E-state index contributed by atoms with van der Waals surface area (Å²) >= 11 is 5.83. The number of hydrogen-bond donors (Lipinski definition) is 1. The van der Waals surface area contributed by atoms with Crippen molar-refractivity contribution in [2.45, 2.75) is 19.4 Å². The Kier molecular flexibility index (Phi) is 4.40. The molecule has 1 aliphatic heterocycles. The quantitative estimate of drug-likeness (QED) is 0.510. The maximum atomic E-state index is 8.63. The van der Waals surface area contributed by atoms with Crippen LogP contribution in [0.2, 0.25) is 0 Å². The molecule has 1 N–H and O–H groups in total. The molecule has 1 aromatic carbocycles. The van der Waals surface area contributed by atoms with Crippen molar-refractivity contribution in [2.24, 2.45) is 11.1 Å². The minimum atomic E-state index is 0.230. The van der Waals surface area contributed by atoms with Crippen LogP contribution in [0.4, 0.5) is 0 Å². The number of benzene rings is 1. The van der Waals surface area contributed by atoms with E-state index in [4.69, 9.17) is 16.8 Å². The van der Waals surface area contributed by atoms with Crippen molar-refractivity contribution in [2.75, 3.05) is 13.1 Å². The molecule has 0 saturated carbocycles. The second-order valence-corrected chi connectivity index (χ2v) is 4.85. The molecule has 0 atom stereocenters. The van der Waals surface area contributed by atoms with Crippen LogP contribution >= 0.6 is 11.6 Å². The molecular formula is C13H17ClN2O. The van der Waals surface area contributed by atoms with Gasteiger partial charge in [-0.05, 0) is 31.5 Å². The smallest absolute Gasteiger partial charge is 0.148 e. The lowest BCUT2D eigenvalue weighted by atomic mass is 9.97. The van der Waals surface area contributed by atoms with E-state index >= 15 is 0 Å². The van der Waals surface area contributed by atoms with Gasteiger partial charge in [-0.1, -0.05) is 47.1 Å². The third-order valence-corrected chi connectivity index (χ3v) is 3.65. The summed E-state index contributed by atoms with van der Waals surface area (Å²) in [6.45, 7) is 3.00. The minimum absolute atomic E-state index is 0.230. The molecule has 4 heteroatoms. The van der Waals surface area contributed by atoms with Gasteiger partial charge in [0.25, 0.3) is 0 Å². The molecule has 0 bridgehead atoms. The number of halogens is 1. The van der Waals surface area contributed by atoms with E-state index in [-0.39, 0.29) is 5.92 Å². The average Bonchev–Trinajstić information content (AvgIpc) is 2.40. The van der Waals surface area contributed by atoms with Gasteiger partial charge in [0.2, 0.25) is 0 Å². The van der Waals surface area contributed by atoms with Crippen molar-refractivity contribution in [3.63, 3.8) is 0 Å². The fourth-order valence-corrected chi connectivity index (χ4v) is 2.47. The van der Waals surface area contributed by atoms with Crippen LogP contribution in [0.3, 0.4) is 0 Å². The zero-order chi connectivity index (χ0) is 12.1. The normalized spacial score (nSPS) is 19.5. The first-order valence-corrected chi connectivity index (χ1v) is 6.31. The number of rotatable bonds is 3. The summed E-state index contributed by atoms with van der Waals surface area (Å²) in [6, 6.07) is 10.5. The van der Waals surface area contributed by atoms with Gasteiger partial charge in [0.15, 0.2) is 0 Å². The molecule has 1 fully saturated rings. The lowest BCUT2D eigenvalue weighted by Crippen LogP contribution is -2.34. The first-order chi connectivity index (χ1) is 8.29. The molecule has 0 spiro atoms. The molecule has 3 nitrogen and oxygen atoms in total. The van der Waals surface area contributed by atoms with Gasteiger partial charge in [-0.25, -0.2) is 0 Å². The lowest BCUT2D eigenvalue weighted by molar-refractivity contribution is 0.200. The van der Waals surface area contributed by atoms with Crippen LogP contribution < -0.4 is 0 Å². The molecular weight excluding hydrogens is 236 g/mol. The van der Waals surface area contributed by atoms with E-state index in [2.05, 4.69) is 34.3 Å². The second kappa shape index (κ2) is 6.03. The highest BCUT2D eigenvalue weighted by atomic mass is 35.5. The first kappa shape index (κ1) is 12.4. The molecule has 0 radical (unpaired) electrons. The number of likely N-dealkylation sites (tertiary alicyclic amines) is 1. The Morgan fingerprint density at radius 3 is 2.53 bits per heavy atom. The zero-order valence-electron chi connectivity index (χ0n) is 9.72. The van der Waals surface area contributed by atoms with Crippen molar-refractivity contribution >= 4 is 16.8 Å². The van der Waals surface area contributed by atoms with Crippen LogP contribution in [-0.4, -0.2) is 28.4 Å². The van der Waals surface area contributed by atoms with Crippen molar-refractivity contribution in [1.29, 1.82) is 0 Å². The lowest BCUT2D eigenvalue weighted by Gasteiger charge is -2.30. The maximum absolute atomic E-state index is 8.63. The van der Waals surface area contributed by atoms with Crippen LogP contribution in [0, 0.1) is 5.92 Å². The Morgan fingerprint density at radius 1 is 1.29 bits per heavy atom. The van der Waals surface area contributed by atoms with Gasteiger partial charge in [-0.15, -0.1) is 0 Å². The molecule has 0 aromatic heterocycles. The molecule has 17 heavy (non-hydrogen) atoms. The Balaban J connectivity index is 1.84. The third kappa shape index (κ3) is 3.45. The van der Waals surface area contributed by atoms with E-state index in [0.29, 0.717) is 5.17 Å². The largest absolute Gasteiger partial charge is 0.410 e. The van der Waals surface area contributed by atoms with Crippen molar-refractivity contribution in [1.82, 2.24) is 4.90 Å². The Hall–Kier alpha value is -1.06. The molecule has 2 rings (SSSR count). The van der Waals surface area contributed by atoms with Gasteiger partial charge in [0, 0.05) is 12.5 Å². The van der Waals surface area contributed by atoms with Gasteiger partial charge >= 0.3 is 0 Å². The summed E-state index contributed by atoms with van der Waals surface area (Å²) in [6.07, 6.45) is 1.94. The third-order valence-electron chi connectivity index (χ3n) is 3.27. The van der Waals surface area contributed by atoms with Gasteiger partial charge in [-0.3, -0.25) is 4.90 Å². The van der Waals surface area contributed by atoms with E-state index in [9.17, 15) is 0 Å². The SMILES string of the molecule is ON=C(Cl)C1CCN(Cc2ccccc2)CC1. The van der Waals surface area contributed by atoms with Crippen LogP contribution in [-0.2, 0) is 6.54 Å². The first-order valence-electron chi connectivity index (χ1n) is 5.93. The minimum Gasteiger partial charge on any atom is -0.410 e. The standard InChI is InChI=1S/C13H17ClN2O/c14-13(15-17)12-6-8-16(9-7-12)10-11-4-2-1-3-5-11/h1-5,12,17H,6-10H2. The van der Waals surface area contributed by atoms with Crippen molar-refractivity contribution in [3.8, 4) is 0 Å². The molecule has 0 amide bonds. The number of piperidine rings is 1. The van der Waals surface area contributed by atoms with E-state index in [1.807, 2.05) is 6.07 Å². The predicted octanol–water partition coefficient (Wildman–Crippen LogP) is 2.93. The molecule has 92 valence electrons. The highest BCUT2D eigenvalue weighted by molar-refractivity contribution is 6.65. The molecule has 1 aromatic rings. The summed E-state index contributed by atoms with van der Waals surface area (Å²) in [5, 5.41) is 12.1. The Morgan fingerprint density at radius 2 is 1.94 bits per heavy atom. The summed E-state index contributed by atoms with van der Waals surface area (Å²) in [4.78, 5) is 2.41. The zero-order valence-corrected chi connectivity index (χ0v) is 10.5. The van der Waals surface area contributed by atoms with E-state index < -0.39 is 0 Å². The topological polar surface area (TPSA) is 35.8 Å². The number of nitrogens with zero attached hydrogens (tertiary/aromatic N) is 2. The second-order valence-electron chi connectivity index (χ2n) is 4.46. The summed E-state index contributed by atoms with van der Waals surface area (Å²) < 4.78 is 0. The van der Waals surface area contributed by atoms with E-state index in [1.165, 1.54) is 5.56 Å². The maximum Gasteiger partial charge on any atom is 0.148 e. The molecule has 0 unspecified atom stereocenters. The van der Waals surface area contributed by atoms with Gasteiger partial charge in [0.05, 0.1) is 0 Å². The molecule has 1 saturated heterocycles. The highest BCUT2D eigenvalue weighted by Gasteiger charge is 2.22. The average molecular weight is 253 g/mol. The number of oxime groups is 1.